The molecule has 2 aliphatic heterocycles. The maximum absolute atomic E-state index is 12.9. The Balaban J connectivity index is 1.71. The number of carbonyl (C=O) groups is 1. The molecule has 0 saturated heterocycles. The Bertz CT molecular complexity index is 1110. The summed E-state index contributed by atoms with van der Waals surface area (Å²) >= 11 is 13.8. The van der Waals surface area contributed by atoms with Crippen molar-refractivity contribution in [3.8, 4) is 5.75 Å². The van der Waals surface area contributed by atoms with Gasteiger partial charge in [-0.05, 0) is 37.5 Å². The number of nitrogens with zero attached hydrogens (tertiary/aromatic N) is 2. The SMILES string of the molecule is CCOC(=O)C1=C(C)N=C2SC=CN2[C@@H]1c1ccccc1OCc1ccc(Cl)cc1Cl. The van der Waals surface area contributed by atoms with Crippen LogP contribution >= 0.6 is 35.0 Å². The summed E-state index contributed by atoms with van der Waals surface area (Å²) in [6.07, 6.45) is 1.92. The summed E-state index contributed by atoms with van der Waals surface area (Å²) in [7, 11) is 0. The van der Waals surface area contributed by atoms with Gasteiger partial charge in [0, 0.05) is 27.4 Å². The second-order valence-electron chi connectivity index (χ2n) is 6.89. The number of benzene rings is 2. The van der Waals surface area contributed by atoms with E-state index in [1.807, 2.05) is 53.8 Å². The van der Waals surface area contributed by atoms with Crippen molar-refractivity contribution in [1.82, 2.24) is 4.90 Å². The molecule has 0 fully saturated rings. The van der Waals surface area contributed by atoms with Crippen LogP contribution in [0.15, 0.2) is 70.3 Å². The second kappa shape index (κ2) is 9.39. The number of hydrogen-bond acceptors (Lipinski definition) is 6. The highest BCUT2D eigenvalue weighted by atomic mass is 35.5. The number of allylic oxidation sites excluding steroid dienone is 1. The first-order valence-corrected chi connectivity index (χ1v) is 11.4. The van der Waals surface area contributed by atoms with Gasteiger partial charge in [0.25, 0.3) is 0 Å². The molecule has 1 atom stereocenters. The van der Waals surface area contributed by atoms with E-state index < -0.39 is 6.04 Å². The fourth-order valence-electron chi connectivity index (χ4n) is 3.51. The predicted octanol–water partition coefficient (Wildman–Crippen LogP) is 6.34. The molecular weight excluding hydrogens is 455 g/mol. The Labute approximate surface area is 195 Å². The molecule has 2 aliphatic rings. The van der Waals surface area contributed by atoms with Crippen LogP contribution in [0.25, 0.3) is 0 Å². The van der Waals surface area contributed by atoms with Gasteiger partial charge < -0.3 is 14.4 Å². The molecule has 2 heterocycles. The molecular formula is C23H20Cl2N2O3S. The molecule has 0 amide bonds. The molecule has 2 aromatic carbocycles. The lowest BCUT2D eigenvalue weighted by Gasteiger charge is -2.34. The van der Waals surface area contributed by atoms with Crippen molar-refractivity contribution in [3.05, 3.63) is 86.5 Å². The smallest absolute Gasteiger partial charge is 0.338 e. The van der Waals surface area contributed by atoms with Gasteiger partial charge in [-0.15, -0.1) is 0 Å². The Hall–Kier alpha value is -2.41. The molecule has 0 radical (unpaired) electrons. The minimum absolute atomic E-state index is 0.267. The standard InChI is InChI=1S/C23H20Cl2N2O3S/c1-3-29-22(28)20-14(2)26-23-27(10-11-31-23)21(20)17-6-4-5-7-19(17)30-13-15-8-9-16(24)12-18(15)25/h4-12,21H,3,13H2,1-2H3/t21-/m1/s1. The molecule has 0 aliphatic carbocycles. The normalized spacial score (nSPS) is 17.5. The van der Waals surface area contributed by atoms with Gasteiger partial charge in [0.1, 0.15) is 12.4 Å². The molecule has 4 rings (SSSR count). The largest absolute Gasteiger partial charge is 0.488 e. The third-order valence-corrected chi connectivity index (χ3v) is 6.29. The van der Waals surface area contributed by atoms with Crippen LogP contribution in [-0.4, -0.2) is 22.6 Å². The minimum atomic E-state index is -0.408. The molecule has 0 unspecified atom stereocenters. The van der Waals surface area contributed by atoms with E-state index in [2.05, 4.69) is 4.99 Å². The van der Waals surface area contributed by atoms with E-state index >= 15 is 0 Å². The number of esters is 1. The fraction of sp³-hybridized carbons (Fsp3) is 0.217. The Morgan fingerprint density at radius 3 is 2.81 bits per heavy atom. The summed E-state index contributed by atoms with van der Waals surface area (Å²) in [5.74, 6) is 0.272. The minimum Gasteiger partial charge on any atom is -0.488 e. The summed E-state index contributed by atoms with van der Waals surface area (Å²) in [5, 5.41) is 3.87. The highest BCUT2D eigenvalue weighted by Crippen LogP contribution is 2.44. The monoisotopic (exact) mass is 474 g/mol. The average Bonchev–Trinajstić information content (AvgIpc) is 3.20. The molecule has 31 heavy (non-hydrogen) atoms. The van der Waals surface area contributed by atoms with Crippen molar-refractivity contribution in [3.63, 3.8) is 0 Å². The summed E-state index contributed by atoms with van der Waals surface area (Å²) < 4.78 is 11.5. The highest BCUT2D eigenvalue weighted by Gasteiger charge is 2.38. The van der Waals surface area contributed by atoms with E-state index in [4.69, 9.17) is 32.7 Å². The van der Waals surface area contributed by atoms with Crippen molar-refractivity contribution in [2.75, 3.05) is 6.61 Å². The van der Waals surface area contributed by atoms with Gasteiger partial charge in [-0.25, -0.2) is 9.79 Å². The van der Waals surface area contributed by atoms with Crippen molar-refractivity contribution in [2.45, 2.75) is 26.5 Å². The number of aliphatic imine (C=N–C) groups is 1. The van der Waals surface area contributed by atoms with E-state index in [1.165, 1.54) is 11.8 Å². The Kier molecular flexibility index (Phi) is 6.60. The number of fused-ring (bicyclic) bond motifs is 1. The molecule has 8 heteroatoms. The molecule has 2 aromatic rings. The van der Waals surface area contributed by atoms with E-state index in [1.54, 1.807) is 19.1 Å². The maximum Gasteiger partial charge on any atom is 0.338 e. The van der Waals surface area contributed by atoms with Crippen LogP contribution in [0.4, 0.5) is 0 Å². The number of hydrogen-bond donors (Lipinski definition) is 0. The predicted molar refractivity (Wildman–Crippen MR) is 125 cm³/mol. The molecule has 0 spiro atoms. The number of halogens is 2. The highest BCUT2D eigenvalue weighted by molar-refractivity contribution is 8.16. The van der Waals surface area contributed by atoms with Crippen molar-refractivity contribution >= 4 is 46.1 Å². The van der Waals surface area contributed by atoms with E-state index in [9.17, 15) is 4.79 Å². The number of thioether (sulfide) groups is 1. The molecule has 5 nitrogen and oxygen atoms in total. The van der Waals surface area contributed by atoms with Crippen molar-refractivity contribution in [2.24, 2.45) is 4.99 Å². The molecule has 0 N–H and O–H groups in total. The summed E-state index contributed by atoms with van der Waals surface area (Å²) in [5.41, 5.74) is 2.80. The van der Waals surface area contributed by atoms with Crippen LogP contribution in [0.1, 0.15) is 31.0 Å². The van der Waals surface area contributed by atoms with Crippen LogP contribution in [0.3, 0.4) is 0 Å². The quantitative estimate of drug-likeness (QED) is 0.457. The first kappa shape index (κ1) is 21.8. The zero-order chi connectivity index (χ0) is 22.0. The van der Waals surface area contributed by atoms with Crippen molar-refractivity contribution in [1.29, 1.82) is 0 Å². The van der Waals surface area contributed by atoms with Gasteiger partial charge in [-0.2, -0.15) is 0 Å². The maximum atomic E-state index is 12.9. The number of para-hydroxylation sites is 1. The lowest BCUT2D eigenvalue weighted by molar-refractivity contribution is -0.139. The van der Waals surface area contributed by atoms with Crippen LogP contribution in [0.5, 0.6) is 5.75 Å². The Morgan fingerprint density at radius 2 is 2.03 bits per heavy atom. The molecule has 160 valence electrons. The van der Waals surface area contributed by atoms with Gasteiger partial charge in [0.15, 0.2) is 5.17 Å². The summed E-state index contributed by atoms with van der Waals surface area (Å²) in [6, 6.07) is 12.6. The molecule has 0 aromatic heterocycles. The van der Waals surface area contributed by atoms with Crippen LogP contribution in [0, 0.1) is 0 Å². The van der Waals surface area contributed by atoms with Gasteiger partial charge in [0.05, 0.1) is 23.9 Å². The van der Waals surface area contributed by atoms with Gasteiger partial charge >= 0.3 is 5.97 Å². The number of rotatable bonds is 6. The van der Waals surface area contributed by atoms with Gasteiger partial charge in [-0.3, -0.25) is 0 Å². The van der Waals surface area contributed by atoms with Gasteiger partial charge in [0.2, 0.25) is 0 Å². The van der Waals surface area contributed by atoms with E-state index in [0.29, 0.717) is 27.1 Å². The topological polar surface area (TPSA) is 51.1 Å². The van der Waals surface area contributed by atoms with E-state index in [-0.39, 0.29) is 19.2 Å². The molecule has 0 saturated carbocycles. The van der Waals surface area contributed by atoms with Crippen molar-refractivity contribution < 1.29 is 14.3 Å². The number of carbonyl (C=O) groups excluding carboxylic acids is 1. The summed E-state index contributed by atoms with van der Waals surface area (Å²) in [6.45, 7) is 4.18. The van der Waals surface area contributed by atoms with Gasteiger partial charge in [-0.1, -0.05) is 59.2 Å². The summed E-state index contributed by atoms with van der Waals surface area (Å²) in [4.78, 5) is 19.4. The lowest BCUT2D eigenvalue weighted by Crippen LogP contribution is -2.34. The fourth-order valence-corrected chi connectivity index (χ4v) is 4.76. The Morgan fingerprint density at radius 1 is 1.23 bits per heavy atom. The molecule has 0 bridgehead atoms. The lowest BCUT2D eigenvalue weighted by atomic mass is 9.94. The van der Waals surface area contributed by atoms with E-state index in [0.717, 1.165) is 16.3 Å². The number of amidine groups is 1. The third kappa shape index (κ3) is 4.47. The van der Waals surface area contributed by atoms with Crippen LogP contribution in [-0.2, 0) is 16.1 Å². The first-order chi connectivity index (χ1) is 15.0. The first-order valence-electron chi connectivity index (χ1n) is 9.73. The zero-order valence-electron chi connectivity index (χ0n) is 17.0. The second-order valence-corrected chi connectivity index (χ2v) is 8.61. The van der Waals surface area contributed by atoms with Crippen LogP contribution < -0.4 is 4.74 Å². The van der Waals surface area contributed by atoms with Crippen LogP contribution in [0.2, 0.25) is 10.0 Å². The zero-order valence-corrected chi connectivity index (χ0v) is 19.3. The average molecular weight is 475 g/mol. The number of ether oxygens (including phenoxy) is 2. The third-order valence-electron chi connectivity index (χ3n) is 4.93.